The Kier molecular flexibility index (Phi) is 8.94. The number of hydrogen-bond acceptors (Lipinski definition) is 1. The maximum atomic E-state index is 4.31. The second-order valence-electron chi connectivity index (χ2n) is 13.3. The van der Waals surface area contributed by atoms with Crippen molar-refractivity contribution in [1.82, 2.24) is 4.98 Å². The van der Waals surface area contributed by atoms with Crippen LogP contribution >= 0.6 is 0 Å². The number of aromatic nitrogens is 3. The SMILES string of the molecule is c1ccc(-c2cc(-c3ccccc3)[n+](-c3cccc(-[n+]4c(-c5ccccc5)cc(-c5ccncc5)cc4-c4ccccc4)c3)c(-c3ccccc3)c2)cc1. The van der Waals surface area contributed by atoms with Gasteiger partial charge in [-0.05, 0) is 89.0 Å². The molecule has 0 aliphatic carbocycles. The van der Waals surface area contributed by atoms with Crippen LogP contribution in [0, 0.1) is 0 Å². The molecule has 0 atom stereocenters. The van der Waals surface area contributed by atoms with Gasteiger partial charge in [0.15, 0.2) is 0 Å². The molecule has 0 amide bonds. The Morgan fingerprint density at radius 3 is 0.870 bits per heavy atom. The lowest BCUT2D eigenvalue weighted by Crippen LogP contribution is -2.39. The molecule has 0 aliphatic rings. The number of pyridine rings is 3. The van der Waals surface area contributed by atoms with Gasteiger partial charge in [-0.1, -0.05) is 103 Å². The molecule has 0 saturated carbocycles. The average Bonchev–Trinajstić information content (AvgIpc) is 3.27. The molecule has 0 unspecified atom stereocenters. The van der Waals surface area contributed by atoms with Gasteiger partial charge in [0.25, 0.3) is 0 Å². The van der Waals surface area contributed by atoms with Crippen LogP contribution in [-0.4, -0.2) is 4.98 Å². The van der Waals surface area contributed by atoms with Gasteiger partial charge in [0.1, 0.15) is 0 Å². The monoisotopic (exact) mass is 691 g/mol. The van der Waals surface area contributed by atoms with Gasteiger partial charge >= 0.3 is 0 Å². The highest BCUT2D eigenvalue weighted by Gasteiger charge is 2.29. The Morgan fingerprint density at radius 2 is 0.537 bits per heavy atom. The maximum absolute atomic E-state index is 4.31. The van der Waals surface area contributed by atoms with Crippen molar-refractivity contribution in [3.63, 3.8) is 0 Å². The van der Waals surface area contributed by atoms with Crippen molar-refractivity contribution in [1.29, 1.82) is 0 Å². The van der Waals surface area contributed by atoms with E-state index in [0.29, 0.717) is 0 Å². The third-order valence-electron chi connectivity index (χ3n) is 9.88. The van der Waals surface area contributed by atoms with Crippen LogP contribution in [0.4, 0.5) is 0 Å². The fraction of sp³-hybridized carbons (Fsp3) is 0. The minimum atomic E-state index is 1.06. The van der Waals surface area contributed by atoms with Crippen molar-refractivity contribution >= 4 is 0 Å². The summed E-state index contributed by atoms with van der Waals surface area (Å²) in [5, 5.41) is 0. The van der Waals surface area contributed by atoms with Crippen LogP contribution in [0.25, 0.3) is 78.7 Å². The zero-order valence-electron chi connectivity index (χ0n) is 29.7. The van der Waals surface area contributed by atoms with Crippen molar-refractivity contribution in [2.24, 2.45) is 0 Å². The molecule has 6 aromatic carbocycles. The largest absolute Gasteiger partial charge is 0.265 e. The predicted molar refractivity (Wildman–Crippen MR) is 220 cm³/mol. The van der Waals surface area contributed by atoms with Crippen molar-refractivity contribution < 1.29 is 9.13 Å². The minimum Gasteiger partial charge on any atom is -0.265 e. The Labute approximate surface area is 316 Å². The summed E-state index contributed by atoms with van der Waals surface area (Å²) >= 11 is 0. The number of nitrogens with zero attached hydrogens (tertiary/aromatic N) is 3. The van der Waals surface area contributed by atoms with Crippen LogP contribution in [0.15, 0.2) is 225 Å². The normalized spacial score (nSPS) is 11.0. The molecule has 9 aromatic rings. The van der Waals surface area contributed by atoms with E-state index in [1.54, 1.807) is 0 Å². The summed E-state index contributed by atoms with van der Waals surface area (Å²) in [4.78, 5) is 4.31. The van der Waals surface area contributed by atoms with Crippen molar-refractivity contribution in [2.75, 3.05) is 0 Å². The molecule has 0 N–H and O–H groups in total. The van der Waals surface area contributed by atoms with Crippen LogP contribution in [-0.2, 0) is 0 Å². The molecule has 3 heteroatoms. The summed E-state index contributed by atoms with van der Waals surface area (Å²) < 4.78 is 4.82. The molecule has 3 nitrogen and oxygen atoms in total. The first-order valence-electron chi connectivity index (χ1n) is 18.3. The van der Waals surface area contributed by atoms with E-state index in [2.05, 4.69) is 226 Å². The summed E-state index contributed by atoms with van der Waals surface area (Å²) in [6, 6.07) is 75.8. The average molecular weight is 692 g/mol. The van der Waals surface area contributed by atoms with E-state index >= 15 is 0 Å². The molecule has 3 aromatic heterocycles. The third kappa shape index (κ3) is 6.51. The summed E-state index contributed by atoms with van der Waals surface area (Å²) in [6.07, 6.45) is 3.72. The standard InChI is InChI=1S/C51H37N3/c1-6-17-38(18-7-1)44-33-48(40-19-8-2-9-20-40)53(49(34-44)41-21-10-3-11-22-41)46-27-16-28-47(37-46)54-50(42-23-12-4-13-24-42)35-45(39-29-31-52-32-30-39)36-51(54)43-25-14-5-15-26-43/h1-37H/q+2. The van der Waals surface area contributed by atoms with Crippen molar-refractivity contribution in [3.05, 3.63) is 225 Å². The highest BCUT2D eigenvalue weighted by Crippen LogP contribution is 2.33. The van der Waals surface area contributed by atoms with Crippen molar-refractivity contribution in [3.8, 4) is 78.7 Å². The molecule has 0 fully saturated rings. The first-order chi connectivity index (χ1) is 26.8. The van der Waals surface area contributed by atoms with E-state index in [0.717, 1.165) is 67.5 Å². The molecule has 254 valence electrons. The highest BCUT2D eigenvalue weighted by atomic mass is 15.0. The lowest BCUT2D eigenvalue weighted by Gasteiger charge is -2.14. The summed E-state index contributed by atoms with van der Waals surface area (Å²) in [6.45, 7) is 0. The van der Waals surface area contributed by atoms with Crippen LogP contribution in [0.5, 0.6) is 0 Å². The van der Waals surface area contributed by atoms with Gasteiger partial charge in [-0.3, -0.25) is 4.98 Å². The van der Waals surface area contributed by atoms with Gasteiger partial charge in [-0.2, -0.15) is 9.13 Å². The zero-order valence-corrected chi connectivity index (χ0v) is 29.7. The first-order valence-corrected chi connectivity index (χ1v) is 18.3. The molecule has 0 spiro atoms. The molecule has 0 bridgehead atoms. The van der Waals surface area contributed by atoms with E-state index in [1.165, 1.54) is 11.1 Å². The quantitative estimate of drug-likeness (QED) is 0.145. The first kappa shape index (κ1) is 32.7. The van der Waals surface area contributed by atoms with E-state index < -0.39 is 0 Å². The van der Waals surface area contributed by atoms with E-state index in [9.17, 15) is 0 Å². The summed E-state index contributed by atoms with van der Waals surface area (Å²) in [7, 11) is 0. The zero-order chi connectivity index (χ0) is 36.1. The molecule has 9 rings (SSSR count). The molecule has 54 heavy (non-hydrogen) atoms. The lowest BCUT2D eigenvalue weighted by atomic mass is 9.98. The summed E-state index contributed by atoms with van der Waals surface area (Å²) in [5.41, 5.74) is 15.7. The van der Waals surface area contributed by atoms with Gasteiger partial charge in [-0.15, -0.1) is 0 Å². The third-order valence-corrected chi connectivity index (χ3v) is 9.88. The van der Waals surface area contributed by atoms with Crippen LogP contribution in [0.2, 0.25) is 0 Å². The Hall–Kier alpha value is -7.23. The van der Waals surface area contributed by atoms with Crippen LogP contribution in [0.3, 0.4) is 0 Å². The van der Waals surface area contributed by atoms with Crippen LogP contribution < -0.4 is 9.13 Å². The molecule has 0 aliphatic heterocycles. The molecular weight excluding hydrogens is 655 g/mol. The van der Waals surface area contributed by atoms with E-state index in [1.807, 2.05) is 12.4 Å². The van der Waals surface area contributed by atoms with Gasteiger partial charge in [0.05, 0.1) is 6.07 Å². The molecule has 0 radical (unpaired) electrons. The second-order valence-corrected chi connectivity index (χ2v) is 13.3. The number of hydrogen-bond donors (Lipinski definition) is 0. The van der Waals surface area contributed by atoms with Gasteiger partial charge in [0.2, 0.25) is 34.2 Å². The Balaban J connectivity index is 1.34. The second kappa shape index (κ2) is 14.8. The Bertz CT molecular complexity index is 2350. The van der Waals surface area contributed by atoms with Gasteiger partial charge in [0, 0.05) is 71.0 Å². The van der Waals surface area contributed by atoms with Gasteiger partial charge in [-0.25, -0.2) is 0 Å². The van der Waals surface area contributed by atoms with Crippen LogP contribution in [0.1, 0.15) is 0 Å². The summed E-state index contributed by atoms with van der Waals surface area (Å²) in [5.74, 6) is 0. The highest BCUT2D eigenvalue weighted by molar-refractivity contribution is 5.76. The van der Waals surface area contributed by atoms with Crippen molar-refractivity contribution in [2.45, 2.75) is 0 Å². The Morgan fingerprint density at radius 1 is 0.241 bits per heavy atom. The topological polar surface area (TPSA) is 20.6 Å². The molecule has 0 saturated heterocycles. The van der Waals surface area contributed by atoms with Gasteiger partial charge < -0.3 is 0 Å². The smallest absolute Gasteiger partial charge is 0.219 e. The molecule has 3 heterocycles. The fourth-order valence-electron chi connectivity index (χ4n) is 7.31. The number of rotatable bonds is 8. The maximum Gasteiger partial charge on any atom is 0.219 e. The lowest BCUT2D eigenvalue weighted by molar-refractivity contribution is -0.580. The fourth-order valence-corrected chi connectivity index (χ4v) is 7.31. The number of benzene rings is 6. The molecular formula is C51H37N3+2. The predicted octanol–water partition coefficient (Wildman–Crippen LogP) is 11.6. The van der Waals surface area contributed by atoms with E-state index in [-0.39, 0.29) is 0 Å². The van der Waals surface area contributed by atoms with E-state index in [4.69, 9.17) is 0 Å². The minimum absolute atomic E-state index is 1.06.